The van der Waals surface area contributed by atoms with Gasteiger partial charge in [-0.15, -0.1) is 0 Å². The van der Waals surface area contributed by atoms with Gasteiger partial charge in [-0.2, -0.15) is 0 Å². The molecule has 1 amide bonds. The minimum absolute atomic E-state index is 0.420. The smallest absolute Gasteiger partial charge is 0.248 e. The summed E-state index contributed by atoms with van der Waals surface area (Å²) < 4.78 is 5.90. The van der Waals surface area contributed by atoms with Crippen LogP contribution in [0.2, 0.25) is 0 Å². The van der Waals surface area contributed by atoms with E-state index >= 15 is 0 Å². The number of primary amides is 1. The first-order chi connectivity index (χ1) is 9.97. The van der Waals surface area contributed by atoms with Crippen LogP contribution in [0.5, 0.6) is 5.75 Å². The van der Waals surface area contributed by atoms with Gasteiger partial charge in [0.25, 0.3) is 0 Å². The number of aryl methyl sites for hydroxylation is 1. The average Bonchev–Trinajstić information content (AvgIpc) is 2.46. The van der Waals surface area contributed by atoms with Crippen LogP contribution < -0.4 is 10.5 Å². The summed E-state index contributed by atoms with van der Waals surface area (Å²) in [6.07, 6.45) is 0. The molecule has 0 aliphatic carbocycles. The van der Waals surface area contributed by atoms with E-state index in [0.29, 0.717) is 18.1 Å². The first kappa shape index (κ1) is 15.1. The Bertz CT molecular complexity index is 647. The second-order valence-corrected chi connectivity index (χ2v) is 5.53. The van der Waals surface area contributed by atoms with E-state index < -0.39 is 5.91 Å². The van der Waals surface area contributed by atoms with Crippen molar-refractivity contribution in [2.24, 2.45) is 5.73 Å². The highest BCUT2D eigenvalue weighted by molar-refractivity contribution is 5.92. The molecule has 0 saturated carbocycles. The monoisotopic (exact) mass is 283 g/mol. The second kappa shape index (κ2) is 6.44. The normalized spacial score (nSPS) is 10.7. The fourth-order valence-corrected chi connectivity index (χ4v) is 2.11. The van der Waals surface area contributed by atoms with Crippen molar-refractivity contribution in [3.8, 4) is 5.75 Å². The minimum atomic E-state index is -0.421. The molecule has 2 aromatic rings. The van der Waals surface area contributed by atoms with Crippen molar-refractivity contribution in [2.75, 3.05) is 0 Å². The Hall–Kier alpha value is -2.29. The minimum Gasteiger partial charge on any atom is -0.489 e. The number of carbonyl (C=O) groups excluding carboxylic acids is 1. The highest BCUT2D eigenvalue weighted by Gasteiger charge is 2.06. The maximum absolute atomic E-state index is 11.2. The van der Waals surface area contributed by atoms with Crippen LogP contribution >= 0.6 is 0 Å². The number of ether oxygens (including phenoxy) is 1. The van der Waals surface area contributed by atoms with Gasteiger partial charge < -0.3 is 10.5 Å². The topological polar surface area (TPSA) is 52.3 Å². The molecule has 3 nitrogen and oxygen atoms in total. The molecule has 0 radical (unpaired) electrons. The molecule has 2 N–H and O–H groups in total. The number of hydrogen-bond donors (Lipinski definition) is 1. The van der Waals surface area contributed by atoms with Gasteiger partial charge in [-0.3, -0.25) is 4.79 Å². The van der Waals surface area contributed by atoms with Gasteiger partial charge in [0.2, 0.25) is 5.91 Å². The lowest BCUT2D eigenvalue weighted by Crippen LogP contribution is -2.11. The standard InChI is InChI=1S/C18H21NO2/c1-12(2)15-8-7-13(3)17(10-15)21-11-14-5-4-6-16(9-14)18(19)20/h4-10,12H,11H2,1-3H3,(H2,19,20). The molecule has 110 valence electrons. The number of rotatable bonds is 5. The zero-order valence-electron chi connectivity index (χ0n) is 12.7. The van der Waals surface area contributed by atoms with Crippen LogP contribution in [0.25, 0.3) is 0 Å². The van der Waals surface area contributed by atoms with Gasteiger partial charge >= 0.3 is 0 Å². The molecule has 3 heteroatoms. The van der Waals surface area contributed by atoms with Crippen LogP contribution in [-0.2, 0) is 6.61 Å². The van der Waals surface area contributed by atoms with Crippen molar-refractivity contribution < 1.29 is 9.53 Å². The van der Waals surface area contributed by atoms with Crippen molar-refractivity contribution in [1.29, 1.82) is 0 Å². The fraction of sp³-hybridized carbons (Fsp3) is 0.278. The van der Waals surface area contributed by atoms with E-state index in [9.17, 15) is 4.79 Å². The Morgan fingerprint density at radius 3 is 2.62 bits per heavy atom. The van der Waals surface area contributed by atoms with Crippen LogP contribution in [0.1, 0.15) is 46.8 Å². The zero-order valence-corrected chi connectivity index (χ0v) is 12.7. The summed E-state index contributed by atoms with van der Waals surface area (Å²) in [5.74, 6) is 0.923. The van der Waals surface area contributed by atoms with E-state index in [0.717, 1.165) is 16.9 Å². The predicted octanol–water partition coefficient (Wildman–Crippen LogP) is 3.80. The summed E-state index contributed by atoms with van der Waals surface area (Å²) >= 11 is 0. The molecule has 0 heterocycles. The molecule has 0 saturated heterocycles. The van der Waals surface area contributed by atoms with Crippen LogP contribution in [0, 0.1) is 6.92 Å². The summed E-state index contributed by atoms with van der Waals surface area (Å²) in [5, 5.41) is 0. The Kier molecular flexibility index (Phi) is 4.63. The Morgan fingerprint density at radius 1 is 1.19 bits per heavy atom. The third-order valence-corrected chi connectivity index (χ3v) is 3.48. The molecule has 2 rings (SSSR count). The van der Waals surface area contributed by atoms with E-state index in [1.807, 2.05) is 19.1 Å². The van der Waals surface area contributed by atoms with Crippen molar-refractivity contribution >= 4 is 5.91 Å². The van der Waals surface area contributed by atoms with Gasteiger partial charge in [-0.05, 0) is 47.7 Å². The molecular formula is C18H21NO2. The highest BCUT2D eigenvalue weighted by Crippen LogP contribution is 2.25. The van der Waals surface area contributed by atoms with E-state index in [1.165, 1.54) is 5.56 Å². The third kappa shape index (κ3) is 3.85. The molecule has 21 heavy (non-hydrogen) atoms. The molecular weight excluding hydrogens is 262 g/mol. The number of hydrogen-bond acceptors (Lipinski definition) is 2. The maximum atomic E-state index is 11.2. The highest BCUT2D eigenvalue weighted by atomic mass is 16.5. The number of carbonyl (C=O) groups is 1. The SMILES string of the molecule is Cc1ccc(C(C)C)cc1OCc1cccc(C(N)=O)c1. The van der Waals surface area contributed by atoms with Gasteiger partial charge in [0.05, 0.1) is 0 Å². The fourth-order valence-electron chi connectivity index (χ4n) is 2.11. The Balaban J connectivity index is 2.14. The van der Waals surface area contributed by atoms with Crippen molar-refractivity contribution in [3.63, 3.8) is 0 Å². The van der Waals surface area contributed by atoms with Crippen molar-refractivity contribution in [2.45, 2.75) is 33.3 Å². The third-order valence-electron chi connectivity index (χ3n) is 3.48. The largest absolute Gasteiger partial charge is 0.489 e. The lowest BCUT2D eigenvalue weighted by molar-refractivity contribution is 0.1000. The van der Waals surface area contributed by atoms with Gasteiger partial charge in [-0.1, -0.05) is 38.1 Å². The van der Waals surface area contributed by atoms with Crippen molar-refractivity contribution in [3.05, 3.63) is 64.7 Å². The van der Waals surface area contributed by atoms with Crippen LogP contribution in [0.4, 0.5) is 0 Å². The van der Waals surface area contributed by atoms with E-state index in [-0.39, 0.29) is 0 Å². The predicted molar refractivity (Wildman–Crippen MR) is 84.6 cm³/mol. The van der Waals surface area contributed by atoms with Crippen LogP contribution in [0.3, 0.4) is 0 Å². The van der Waals surface area contributed by atoms with Crippen molar-refractivity contribution in [1.82, 2.24) is 0 Å². The summed E-state index contributed by atoms with van der Waals surface area (Å²) in [7, 11) is 0. The summed E-state index contributed by atoms with van der Waals surface area (Å²) in [6.45, 7) is 6.76. The van der Waals surface area contributed by atoms with Gasteiger partial charge in [0, 0.05) is 5.56 Å². The summed E-state index contributed by atoms with van der Waals surface area (Å²) in [4.78, 5) is 11.2. The van der Waals surface area contributed by atoms with E-state index in [2.05, 4.69) is 32.0 Å². The first-order valence-electron chi connectivity index (χ1n) is 7.09. The lowest BCUT2D eigenvalue weighted by atomic mass is 10.0. The number of amides is 1. The number of benzene rings is 2. The second-order valence-electron chi connectivity index (χ2n) is 5.53. The molecule has 0 aliphatic rings. The van der Waals surface area contributed by atoms with Crippen LogP contribution in [-0.4, -0.2) is 5.91 Å². The molecule has 0 bridgehead atoms. The molecule has 0 atom stereocenters. The number of nitrogens with two attached hydrogens (primary N) is 1. The molecule has 0 unspecified atom stereocenters. The van der Waals surface area contributed by atoms with E-state index in [4.69, 9.17) is 10.5 Å². The Labute approximate surface area is 125 Å². The summed E-state index contributed by atoms with van der Waals surface area (Å²) in [6, 6.07) is 13.5. The first-order valence-corrected chi connectivity index (χ1v) is 7.09. The van der Waals surface area contributed by atoms with Crippen LogP contribution in [0.15, 0.2) is 42.5 Å². The average molecular weight is 283 g/mol. The molecule has 0 aliphatic heterocycles. The maximum Gasteiger partial charge on any atom is 0.248 e. The molecule has 0 fully saturated rings. The molecule has 0 aromatic heterocycles. The quantitative estimate of drug-likeness (QED) is 0.907. The van der Waals surface area contributed by atoms with E-state index in [1.54, 1.807) is 12.1 Å². The zero-order chi connectivity index (χ0) is 15.4. The van der Waals surface area contributed by atoms with Gasteiger partial charge in [-0.25, -0.2) is 0 Å². The van der Waals surface area contributed by atoms with Gasteiger partial charge in [0.1, 0.15) is 12.4 Å². The molecule has 0 spiro atoms. The molecule has 2 aromatic carbocycles. The Morgan fingerprint density at radius 2 is 1.95 bits per heavy atom. The van der Waals surface area contributed by atoms with Gasteiger partial charge in [0.15, 0.2) is 0 Å². The lowest BCUT2D eigenvalue weighted by Gasteiger charge is -2.13. The summed E-state index contributed by atoms with van der Waals surface area (Å²) in [5.41, 5.74) is 9.08.